The number of ether oxygens (including phenoxy) is 2. The van der Waals surface area contributed by atoms with Gasteiger partial charge in [0.15, 0.2) is 0 Å². The summed E-state index contributed by atoms with van der Waals surface area (Å²) in [5, 5.41) is 0. The largest absolute Gasteiger partial charge is 0.462 e. The maximum atomic E-state index is 12.4. The van der Waals surface area contributed by atoms with E-state index >= 15 is 0 Å². The zero-order chi connectivity index (χ0) is 22.7. The van der Waals surface area contributed by atoms with Crippen LogP contribution in [0.1, 0.15) is 131 Å². The van der Waals surface area contributed by atoms with Gasteiger partial charge in [-0.3, -0.25) is 0 Å². The first-order valence-corrected chi connectivity index (χ1v) is 12.6. The van der Waals surface area contributed by atoms with Crippen molar-refractivity contribution in [2.45, 2.75) is 117 Å². The summed E-state index contributed by atoms with van der Waals surface area (Å²) in [4.78, 5) is 24.7. The van der Waals surface area contributed by atoms with Crippen LogP contribution < -0.4 is 0 Å². The fourth-order valence-electron chi connectivity index (χ4n) is 3.60. The van der Waals surface area contributed by atoms with Gasteiger partial charge in [-0.2, -0.15) is 0 Å². The van der Waals surface area contributed by atoms with E-state index in [4.69, 9.17) is 9.47 Å². The summed E-state index contributed by atoms with van der Waals surface area (Å²) < 4.78 is 10.9. The van der Waals surface area contributed by atoms with Crippen molar-refractivity contribution in [1.82, 2.24) is 0 Å². The van der Waals surface area contributed by atoms with Crippen LogP contribution in [0.25, 0.3) is 0 Å². The molecule has 0 spiro atoms. The molecule has 0 radical (unpaired) electrons. The maximum absolute atomic E-state index is 12.4. The van der Waals surface area contributed by atoms with Crippen LogP contribution in [0.4, 0.5) is 0 Å². The highest BCUT2D eigenvalue weighted by atomic mass is 16.5. The summed E-state index contributed by atoms with van der Waals surface area (Å²) in [5.74, 6) is -0.751. The lowest BCUT2D eigenvalue weighted by Crippen LogP contribution is -2.16. The average molecular weight is 433 g/mol. The Hall–Kier alpha value is -1.84. The van der Waals surface area contributed by atoms with Crippen LogP contribution in [-0.2, 0) is 9.47 Å². The predicted molar refractivity (Wildman–Crippen MR) is 128 cm³/mol. The summed E-state index contributed by atoms with van der Waals surface area (Å²) in [6.07, 6.45) is 16.4. The first-order chi connectivity index (χ1) is 15.1. The molecular formula is C27H44O4. The third-order valence-corrected chi connectivity index (χ3v) is 5.59. The van der Waals surface area contributed by atoms with Crippen LogP contribution >= 0.6 is 0 Å². The van der Waals surface area contributed by atoms with Gasteiger partial charge in [-0.05, 0) is 44.4 Å². The van der Waals surface area contributed by atoms with Crippen molar-refractivity contribution in [2.24, 2.45) is 0 Å². The molecule has 0 aliphatic carbocycles. The number of hydrogen-bond acceptors (Lipinski definition) is 4. The number of hydrogen-bond donors (Lipinski definition) is 0. The van der Waals surface area contributed by atoms with Gasteiger partial charge >= 0.3 is 11.9 Å². The van der Waals surface area contributed by atoms with E-state index < -0.39 is 0 Å². The predicted octanol–water partition coefficient (Wildman–Crippen LogP) is 7.89. The Morgan fingerprint density at radius 3 is 1.87 bits per heavy atom. The molecule has 1 rings (SSSR count). The van der Waals surface area contributed by atoms with Crippen molar-refractivity contribution in [3.05, 3.63) is 35.4 Å². The van der Waals surface area contributed by atoms with Gasteiger partial charge in [-0.25, -0.2) is 9.59 Å². The first-order valence-electron chi connectivity index (χ1n) is 12.6. The van der Waals surface area contributed by atoms with Crippen LogP contribution in [0.2, 0.25) is 0 Å². The molecule has 1 atom stereocenters. The van der Waals surface area contributed by atoms with Crippen LogP contribution in [0.5, 0.6) is 0 Å². The lowest BCUT2D eigenvalue weighted by atomic mass is 10.1. The summed E-state index contributed by atoms with van der Waals surface area (Å²) in [6.45, 7) is 6.77. The minimum Gasteiger partial charge on any atom is -0.462 e. The fourth-order valence-corrected chi connectivity index (χ4v) is 3.60. The second kappa shape index (κ2) is 17.8. The van der Waals surface area contributed by atoms with E-state index in [0.717, 1.165) is 25.7 Å². The van der Waals surface area contributed by atoms with E-state index in [9.17, 15) is 9.59 Å². The smallest absolute Gasteiger partial charge is 0.338 e. The summed E-state index contributed by atoms with van der Waals surface area (Å²) >= 11 is 0. The number of benzene rings is 1. The molecule has 0 bridgehead atoms. The fraction of sp³-hybridized carbons (Fsp3) is 0.704. The molecule has 0 saturated carbocycles. The molecule has 0 N–H and O–H groups in total. The van der Waals surface area contributed by atoms with Crippen LogP contribution in [0.15, 0.2) is 24.3 Å². The van der Waals surface area contributed by atoms with Crippen molar-refractivity contribution in [3.63, 3.8) is 0 Å². The second-order valence-corrected chi connectivity index (χ2v) is 8.61. The Balaban J connectivity index is 2.27. The molecule has 1 aromatic rings. The molecule has 0 aliphatic rings. The Morgan fingerprint density at radius 2 is 1.26 bits per heavy atom. The van der Waals surface area contributed by atoms with E-state index in [2.05, 4.69) is 13.8 Å². The Bertz CT molecular complexity index is 611. The number of carbonyl (C=O) groups is 2. The zero-order valence-electron chi connectivity index (χ0n) is 20.1. The van der Waals surface area contributed by atoms with Crippen molar-refractivity contribution >= 4 is 11.9 Å². The number of esters is 2. The van der Waals surface area contributed by atoms with Gasteiger partial charge in [0.25, 0.3) is 0 Å². The molecule has 0 aromatic heterocycles. The molecule has 0 amide bonds. The molecule has 1 aromatic carbocycles. The molecule has 0 saturated heterocycles. The molecule has 4 heteroatoms. The standard InChI is InChI=1S/C27H44O4/c1-4-6-8-10-11-12-13-14-16-21-30-26(28)24-19-17-20-25(22-24)27(29)31-23(3)18-15-9-7-5-2/h17,19-20,22-23H,4-16,18,21H2,1-3H3. The van der Waals surface area contributed by atoms with E-state index in [1.54, 1.807) is 24.3 Å². The number of unbranched alkanes of at least 4 members (excludes halogenated alkanes) is 11. The van der Waals surface area contributed by atoms with E-state index in [-0.39, 0.29) is 18.0 Å². The normalized spacial score (nSPS) is 11.8. The number of rotatable bonds is 18. The third-order valence-electron chi connectivity index (χ3n) is 5.59. The molecule has 31 heavy (non-hydrogen) atoms. The van der Waals surface area contributed by atoms with Gasteiger partial charge in [0, 0.05) is 0 Å². The van der Waals surface area contributed by atoms with Crippen molar-refractivity contribution in [3.8, 4) is 0 Å². The quantitative estimate of drug-likeness (QED) is 0.175. The monoisotopic (exact) mass is 432 g/mol. The van der Waals surface area contributed by atoms with Gasteiger partial charge in [0.05, 0.1) is 23.8 Å². The van der Waals surface area contributed by atoms with E-state index in [1.165, 1.54) is 64.2 Å². The molecule has 0 aliphatic heterocycles. The molecule has 0 fully saturated rings. The van der Waals surface area contributed by atoms with Gasteiger partial charge in [-0.1, -0.05) is 90.5 Å². The summed E-state index contributed by atoms with van der Waals surface area (Å²) in [5.41, 5.74) is 0.805. The van der Waals surface area contributed by atoms with Crippen molar-refractivity contribution in [1.29, 1.82) is 0 Å². The molecule has 1 unspecified atom stereocenters. The van der Waals surface area contributed by atoms with Crippen molar-refractivity contribution < 1.29 is 19.1 Å². The van der Waals surface area contributed by atoms with Crippen LogP contribution in [-0.4, -0.2) is 24.6 Å². The van der Waals surface area contributed by atoms with Crippen molar-refractivity contribution in [2.75, 3.05) is 6.61 Å². The highest BCUT2D eigenvalue weighted by Crippen LogP contribution is 2.14. The molecule has 0 heterocycles. The second-order valence-electron chi connectivity index (χ2n) is 8.61. The Morgan fingerprint density at radius 1 is 0.742 bits per heavy atom. The minimum absolute atomic E-state index is 0.119. The molecule has 176 valence electrons. The van der Waals surface area contributed by atoms with Crippen LogP contribution in [0.3, 0.4) is 0 Å². The van der Waals surface area contributed by atoms with Gasteiger partial charge in [-0.15, -0.1) is 0 Å². The Labute approximate surface area is 190 Å². The molecule has 4 nitrogen and oxygen atoms in total. The highest BCUT2D eigenvalue weighted by Gasteiger charge is 2.15. The topological polar surface area (TPSA) is 52.6 Å². The SMILES string of the molecule is CCCCCCCCCCCOC(=O)c1cccc(C(=O)OC(C)CCCCCC)c1. The third kappa shape index (κ3) is 13.2. The van der Waals surface area contributed by atoms with Gasteiger partial charge < -0.3 is 9.47 Å². The van der Waals surface area contributed by atoms with Gasteiger partial charge in [0.2, 0.25) is 0 Å². The molecular weight excluding hydrogens is 388 g/mol. The number of carbonyl (C=O) groups excluding carboxylic acids is 2. The maximum Gasteiger partial charge on any atom is 0.338 e. The zero-order valence-corrected chi connectivity index (χ0v) is 20.1. The lowest BCUT2D eigenvalue weighted by molar-refractivity contribution is 0.0319. The van der Waals surface area contributed by atoms with E-state index in [1.807, 2.05) is 6.92 Å². The first kappa shape index (κ1) is 27.2. The summed E-state index contributed by atoms with van der Waals surface area (Å²) in [7, 11) is 0. The van der Waals surface area contributed by atoms with Crippen LogP contribution in [0, 0.1) is 0 Å². The minimum atomic E-state index is -0.378. The van der Waals surface area contributed by atoms with E-state index in [0.29, 0.717) is 17.7 Å². The summed E-state index contributed by atoms with van der Waals surface area (Å²) in [6, 6.07) is 6.65. The lowest BCUT2D eigenvalue weighted by Gasteiger charge is -2.13. The Kier molecular flexibility index (Phi) is 15.6. The highest BCUT2D eigenvalue weighted by molar-refractivity contribution is 5.95. The average Bonchev–Trinajstić information content (AvgIpc) is 2.78. The van der Waals surface area contributed by atoms with Gasteiger partial charge in [0.1, 0.15) is 0 Å².